The molecule has 0 unspecified atom stereocenters. The highest BCUT2D eigenvalue weighted by atomic mass is 79.9. The number of fused-ring (bicyclic) bond motifs is 1. The summed E-state index contributed by atoms with van der Waals surface area (Å²) >= 11 is 4.50. The predicted molar refractivity (Wildman–Crippen MR) is 99.5 cm³/mol. The van der Waals surface area contributed by atoms with Gasteiger partial charge in [0, 0.05) is 11.0 Å². The SMILES string of the molecule is O=C1S/C(=C/c2cc3c(cc2Br)OCO3)C(=O)N1CC1CCCCC1. The van der Waals surface area contributed by atoms with Crippen LogP contribution in [0.25, 0.3) is 6.08 Å². The normalized spacial score (nSPS) is 22.3. The van der Waals surface area contributed by atoms with Crippen molar-refractivity contribution in [3.8, 4) is 11.5 Å². The average molecular weight is 424 g/mol. The molecule has 1 aromatic carbocycles. The maximum Gasteiger partial charge on any atom is 0.293 e. The van der Waals surface area contributed by atoms with Gasteiger partial charge in [-0.15, -0.1) is 0 Å². The zero-order chi connectivity index (χ0) is 17.4. The zero-order valence-corrected chi connectivity index (χ0v) is 16.0. The molecule has 0 N–H and O–H groups in total. The van der Waals surface area contributed by atoms with E-state index in [9.17, 15) is 9.59 Å². The van der Waals surface area contributed by atoms with Gasteiger partial charge in [-0.05, 0) is 54.3 Å². The van der Waals surface area contributed by atoms with Crippen molar-refractivity contribution in [3.05, 3.63) is 27.1 Å². The Kier molecular flexibility index (Phi) is 4.78. The molecule has 2 fully saturated rings. The molecule has 1 saturated carbocycles. The molecule has 2 heterocycles. The third-order valence-electron chi connectivity index (χ3n) is 4.82. The molecule has 0 bridgehead atoms. The smallest absolute Gasteiger partial charge is 0.293 e. The molecule has 4 rings (SSSR count). The van der Waals surface area contributed by atoms with E-state index in [2.05, 4.69) is 15.9 Å². The van der Waals surface area contributed by atoms with Crippen molar-refractivity contribution in [3.63, 3.8) is 0 Å². The van der Waals surface area contributed by atoms with E-state index in [0.29, 0.717) is 28.9 Å². The first kappa shape index (κ1) is 17.0. The minimum atomic E-state index is -0.190. The molecule has 0 radical (unpaired) electrons. The van der Waals surface area contributed by atoms with Crippen molar-refractivity contribution in [1.29, 1.82) is 0 Å². The van der Waals surface area contributed by atoms with Gasteiger partial charge < -0.3 is 9.47 Å². The number of carbonyl (C=O) groups is 2. The minimum Gasteiger partial charge on any atom is -0.454 e. The first-order valence-corrected chi connectivity index (χ1v) is 10.1. The van der Waals surface area contributed by atoms with Crippen LogP contribution < -0.4 is 9.47 Å². The summed E-state index contributed by atoms with van der Waals surface area (Å²) in [7, 11) is 0. The highest BCUT2D eigenvalue weighted by Crippen LogP contribution is 2.40. The lowest BCUT2D eigenvalue weighted by Crippen LogP contribution is -2.34. The van der Waals surface area contributed by atoms with Crippen LogP contribution in [0.5, 0.6) is 11.5 Å². The van der Waals surface area contributed by atoms with E-state index in [1.165, 1.54) is 24.2 Å². The van der Waals surface area contributed by atoms with Gasteiger partial charge in [-0.2, -0.15) is 0 Å². The summed E-state index contributed by atoms with van der Waals surface area (Å²) in [4.78, 5) is 26.9. The van der Waals surface area contributed by atoms with Crippen LogP contribution in [0.2, 0.25) is 0 Å². The number of hydrogen-bond acceptors (Lipinski definition) is 5. The molecule has 0 atom stereocenters. The summed E-state index contributed by atoms with van der Waals surface area (Å²) in [6.07, 6.45) is 7.61. The number of halogens is 1. The Labute approximate surface area is 158 Å². The first-order valence-electron chi connectivity index (χ1n) is 8.46. The molecular formula is C18H18BrNO4S. The zero-order valence-electron chi connectivity index (χ0n) is 13.6. The van der Waals surface area contributed by atoms with Gasteiger partial charge in [-0.1, -0.05) is 35.2 Å². The predicted octanol–water partition coefficient (Wildman–Crippen LogP) is 4.79. The Bertz CT molecular complexity index is 758. The second-order valence-corrected chi connectivity index (χ2v) is 8.37. The van der Waals surface area contributed by atoms with E-state index in [-0.39, 0.29) is 17.9 Å². The van der Waals surface area contributed by atoms with Crippen LogP contribution in [0.1, 0.15) is 37.7 Å². The third-order valence-corrected chi connectivity index (χ3v) is 6.41. The Balaban J connectivity index is 1.54. The second-order valence-electron chi connectivity index (χ2n) is 6.52. The Morgan fingerprint density at radius 1 is 1.16 bits per heavy atom. The topological polar surface area (TPSA) is 55.8 Å². The van der Waals surface area contributed by atoms with E-state index in [4.69, 9.17) is 9.47 Å². The Hall–Kier alpha value is -1.47. The number of ether oxygens (including phenoxy) is 2. The molecule has 1 aliphatic carbocycles. The second kappa shape index (κ2) is 7.03. The van der Waals surface area contributed by atoms with E-state index in [0.717, 1.165) is 34.6 Å². The molecule has 3 aliphatic rings. The number of imide groups is 1. The van der Waals surface area contributed by atoms with E-state index in [1.807, 2.05) is 12.1 Å². The van der Waals surface area contributed by atoms with Crippen LogP contribution in [0, 0.1) is 5.92 Å². The number of amides is 2. The van der Waals surface area contributed by atoms with E-state index in [1.54, 1.807) is 6.08 Å². The van der Waals surface area contributed by atoms with Crippen molar-refractivity contribution in [2.75, 3.05) is 13.3 Å². The van der Waals surface area contributed by atoms with E-state index < -0.39 is 0 Å². The summed E-state index contributed by atoms with van der Waals surface area (Å²) in [6, 6.07) is 3.64. The van der Waals surface area contributed by atoms with Crippen LogP contribution in [-0.4, -0.2) is 29.4 Å². The molecular weight excluding hydrogens is 406 g/mol. The largest absolute Gasteiger partial charge is 0.454 e. The van der Waals surface area contributed by atoms with Crippen LogP contribution in [-0.2, 0) is 4.79 Å². The molecule has 1 saturated heterocycles. The monoisotopic (exact) mass is 423 g/mol. The van der Waals surface area contributed by atoms with Gasteiger partial charge in [0.2, 0.25) is 6.79 Å². The fraction of sp³-hybridized carbons (Fsp3) is 0.444. The summed E-state index contributed by atoms with van der Waals surface area (Å²) in [5.74, 6) is 1.58. The molecule has 25 heavy (non-hydrogen) atoms. The number of hydrogen-bond donors (Lipinski definition) is 0. The number of benzene rings is 1. The number of nitrogens with zero attached hydrogens (tertiary/aromatic N) is 1. The van der Waals surface area contributed by atoms with Gasteiger partial charge in [0.25, 0.3) is 11.1 Å². The van der Waals surface area contributed by atoms with Crippen LogP contribution >= 0.6 is 27.7 Å². The van der Waals surface area contributed by atoms with Crippen molar-refractivity contribution < 1.29 is 19.1 Å². The maximum absolute atomic E-state index is 12.7. The lowest BCUT2D eigenvalue weighted by atomic mass is 9.89. The average Bonchev–Trinajstić information content (AvgIpc) is 3.16. The van der Waals surface area contributed by atoms with Gasteiger partial charge in [0.1, 0.15) is 0 Å². The Morgan fingerprint density at radius 3 is 2.64 bits per heavy atom. The fourth-order valence-electron chi connectivity index (χ4n) is 3.47. The summed E-state index contributed by atoms with van der Waals surface area (Å²) in [5.41, 5.74) is 0.799. The third kappa shape index (κ3) is 3.44. The van der Waals surface area contributed by atoms with Crippen LogP contribution in [0.15, 0.2) is 21.5 Å². The summed E-state index contributed by atoms with van der Waals surface area (Å²) in [6.45, 7) is 0.743. The molecule has 0 aromatic heterocycles. The fourth-order valence-corrected chi connectivity index (χ4v) is 4.75. The first-order chi connectivity index (χ1) is 12.1. The van der Waals surface area contributed by atoms with Crippen molar-refractivity contribution >= 4 is 44.9 Å². The molecule has 5 nitrogen and oxygen atoms in total. The number of rotatable bonds is 3. The molecule has 0 spiro atoms. The molecule has 7 heteroatoms. The van der Waals surface area contributed by atoms with Crippen LogP contribution in [0.3, 0.4) is 0 Å². The van der Waals surface area contributed by atoms with Gasteiger partial charge in [-0.3, -0.25) is 14.5 Å². The lowest BCUT2D eigenvalue weighted by molar-refractivity contribution is -0.123. The lowest BCUT2D eigenvalue weighted by Gasteiger charge is -2.25. The minimum absolute atomic E-state index is 0.168. The quantitative estimate of drug-likeness (QED) is 0.653. The van der Waals surface area contributed by atoms with Gasteiger partial charge in [0.15, 0.2) is 11.5 Å². The highest BCUT2D eigenvalue weighted by molar-refractivity contribution is 9.10. The van der Waals surface area contributed by atoms with Gasteiger partial charge >= 0.3 is 0 Å². The summed E-state index contributed by atoms with van der Waals surface area (Å²) in [5, 5.41) is -0.168. The van der Waals surface area contributed by atoms with Gasteiger partial charge in [0.05, 0.1) is 4.91 Å². The van der Waals surface area contributed by atoms with Gasteiger partial charge in [-0.25, -0.2) is 0 Å². The molecule has 2 aliphatic heterocycles. The van der Waals surface area contributed by atoms with Crippen LogP contribution in [0.4, 0.5) is 4.79 Å². The van der Waals surface area contributed by atoms with Crippen molar-refractivity contribution in [2.45, 2.75) is 32.1 Å². The molecule has 1 aromatic rings. The van der Waals surface area contributed by atoms with E-state index >= 15 is 0 Å². The molecule has 132 valence electrons. The molecule has 2 amide bonds. The Morgan fingerprint density at radius 2 is 1.88 bits per heavy atom. The highest BCUT2D eigenvalue weighted by Gasteiger charge is 2.36. The summed E-state index contributed by atoms with van der Waals surface area (Å²) < 4.78 is 11.5. The van der Waals surface area contributed by atoms with Crippen molar-refractivity contribution in [1.82, 2.24) is 4.90 Å². The number of carbonyl (C=O) groups excluding carboxylic acids is 2. The maximum atomic E-state index is 12.7. The van der Waals surface area contributed by atoms with Crippen molar-refractivity contribution in [2.24, 2.45) is 5.92 Å². The standard InChI is InChI=1S/C18H18BrNO4S/c19-13-8-15-14(23-10-24-15)6-12(13)7-16-17(21)20(18(22)25-16)9-11-4-2-1-3-5-11/h6-8,11H,1-5,9-10H2/b16-7+. The number of thioether (sulfide) groups is 1.